The first-order valence-electron chi connectivity index (χ1n) is 3.64. The minimum absolute atomic E-state index is 0.202. The van der Waals surface area contributed by atoms with Crippen LogP contribution in [0.25, 0.3) is 0 Å². The molecule has 1 aromatic rings. The molecule has 13 heavy (non-hydrogen) atoms. The predicted molar refractivity (Wildman–Crippen MR) is 54.9 cm³/mol. The van der Waals surface area contributed by atoms with Gasteiger partial charge in [-0.25, -0.2) is 4.79 Å². The third kappa shape index (κ3) is 1.98. The summed E-state index contributed by atoms with van der Waals surface area (Å²) in [6.45, 7) is 1.77. The highest BCUT2D eigenvalue weighted by atomic mass is 35.5. The first-order chi connectivity index (χ1) is 6.07. The van der Waals surface area contributed by atoms with Crippen molar-refractivity contribution in [2.24, 2.45) is 0 Å². The van der Waals surface area contributed by atoms with Gasteiger partial charge in [-0.05, 0) is 30.9 Å². The molecule has 0 aliphatic carbocycles. The van der Waals surface area contributed by atoms with Gasteiger partial charge in [0.2, 0.25) is 0 Å². The number of carboxylic acids is 1. The topological polar surface area (TPSA) is 37.3 Å². The molecule has 4 heteroatoms. The van der Waals surface area contributed by atoms with E-state index in [4.69, 9.17) is 16.7 Å². The van der Waals surface area contributed by atoms with Crippen LogP contribution in [0.2, 0.25) is 5.02 Å². The number of carboxylic acid groups (broad SMARTS) is 1. The molecule has 2 nitrogen and oxygen atoms in total. The monoisotopic (exact) mass is 216 g/mol. The molecule has 0 heterocycles. The van der Waals surface area contributed by atoms with Gasteiger partial charge in [0.1, 0.15) is 0 Å². The zero-order valence-corrected chi connectivity index (χ0v) is 8.87. The highest BCUT2D eigenvalue weighted by molar-refractivity contribution is 7.98. The molecule has 0 bridgehead atoms. The predicted octanol–water partition coefficient (Wildman–Crippen LogP) is 3.07. The summed E-state index contributed by atoms with van der Waals surface area (Å²) in [6, 6.07) is 3.44. The molecule has 0 radical (unpaired) electrons. The Morgan fingerprint density at radius 3 is 2.62 bits per heavy atom. The highest BCUT2D eigenvalue weighted by Gasteiger charge is 2.14. The lowest BCUT2D eigenvalue weighted by Crippen LogP contribution is -2.01. The van der Waals surface area contributed by atoms with Gasteiger partial charge >= 0.3 is 5.97 Å². The first-order valence-corrected chi connectivity index (χ1v) is 5.24. The number of rotatable bonds is 2. The summed E-state index contributed by atoms with van der Waals surface area (Å²) in [5, 5.41) is 9.17. The van der Waals surface area contributed by atoms with Gasteiger partial charge in [-0.15, -0.1) is 11.8 Å². The number of halogens is 1. The van der Waals surface area contributed by atoms with Crippen LogP contribution in [-0.4, -0.2) is 17.3 Å². The van der Waals surface area contributed by atoms with Crippen molar-refractivity contribution in [3.05, 3.63) is 28.3 Å². The molecule has 0 spiro atoms. The summed E-state index contributed by atoms with van der Waals surface area (Å²) >= 11 is 7.28. The molecule has 70 valence electrons. The Bertz CT molecular complexity index is 350. The third-order valence-corrected chi connectivity index (χ3v) is 3.00. The van der Waals surface area contributed by atoms with Crippen LogP contribution in [-0.2, 0) is 0 Å². The van der Waals surface area contributed by atoms with Crippen molar-refractivity contribution in [3.63, 3.8) is 0 Å². The molecule has 0 aliphatic rings. The van der Waals surface area contributed by atoms with Crippen LogP contribution in [0.5, 0.6) is 0 Å². The summed E-state index contributed by atoms with van der Waals surface area (Å²) in [5.41, 5.74) is 0.931. The lowest BCUT2D eigenvalue weighted by atomic mass is 10.1. The average Bonchev–Trinajstić information content (AvgIpc) is 2.04. The Morgan fingerprint density at radius 2 is 2.15 bits per heavy atom. The zero-order chi connectivity index (χ0) is 10.0. The lowest BCUT2D eigenvalue weighted by molar-refractivity contribution is 0.0696. The molecule has 1 rings (SSSR count). The fourth-order valence-corrected chi connectivity index (χ4v) is 2.04. The second-order valence-corrected chi connectivity index (χ2v) is 3.81. The SMILES string of the molecule is CSc1ccc(Cl)c(C(=O)O)c1C. The van der Waals surface area contributed by atoms with Gasteiger partial charge in [0.05, 0.1) is 10.6 Å². The van der Waals surface area contributed by atoms with Gasteiger partial charge in [-0.1, -0.05) is 11.6 Å². The van der Waals surface area contributed by atoms with Gasteiger partial charge in [0.25, 0.3) is 0 Å². The third-order valence-electron chi connectivity index (χ3n) is 1.80. The van der Waals surface area contributed by atoms with E-state index >= 15 is 0 Å². The molecular formula is C9H9ClO2S. The van der Waals surface area contributed by atoms with E-state index in [1.54, 1.807) is 13.0 Å². The molecule has 1 N–H and O–H groups in total. The Morgan fingerprint density at radius 1 is 1.54 bits per heavy atom. The number of benzene rings is 1. The van der Waals surface area contributed by atoms with Crippen LogP contribution in [0.15, 0.2) is 17.0 Å². The Balaban J connectivity index is 3.38. The van der Waals surface area contributed by atoms with E-state index in [1.165, 1.54) is 11.8 Å². The largest absolute Gasteiger partial charge is 0.478 e. The standard InChI is InChI=1S/C9H9ClO2S/c1-5-7(13-2)4-3-6(10)8(5)9(11)12/h3-4H,1-2H3,(H,11,12). The number of carbonyl (C=O) groups is 1. The van der Waals surface area contributed by atoms with Crippen LogP contribution in [0.4, 0.5) is 0 Å². The Kier molecular flexibility index (Phi) is 3.22. The van der Waals surface area contributed by atoms with E-state index in [0.29, 0.717) is 5.02 Å². The number of hydrogen-bond acceptors (Lipinski definition) is 2. The van der Waals surface area contributed by atoms with Gasteiger partial charge in [0, 0.05) is 4.90 Å². The number of aromatic carboxylic acids is 1. The van der Waals surface area contributed by atoms with Crippen molar-refractivity contribution in [1.29, 1.82) is 0 Å². The minimum atomic E-state index is -0.974. The van der Waals surface area contributed by atoms with E-state index in [2.05, 4.69) is 0 Å². The number of thioether (sulfide) groups is 1. The highest BCUT2D eigenvalue weighted by Crippen LogP contribution is 2.28. The quantitative estimate of drug-likeness (QED) is 0.772. The van der Waals surface area contributed by atoms with Gasteiger partial charge in [-0.3, -0.25) is 0 Å². The molecule has 0 fully saturated rings. The van der Waals surface area contributed by atoms with Crippen molar-refractivity contribution in [2.45, 2.75) is 11.8 Å². The van der Waals surface area contributed by atoms with Crippen molar-refractivity contribution in [2.75, 3.05) is 6.26 Å². The Hall–Kier alpha value is -0.670. The first kappa shape index (κ1) is 10.4. The van der Waals surface area contributed by atoms with Crippen molar-refractivity contribution in [3.8, 4) is 0 Å². The van der Waals surface area contributed by atoms with E-state index in [-0.39, 0.29) is 5.56 Å². The Labute approximate surface area is 85.9 Å². The van der Waals surface area contributed by atoms with E-state index in [1.807, 2.05) is 12.3 Å². The fourth-order valence-electron chi connectivity index (χ4n) is 1.14. The normalized spacial score (nSPS) is 10.1. The number of hydrogen-bond donors (Lipinski definition) is 1. The molecule has 0 aliphatic heterocycles. The fraction of sp³-hybridized carbons (Fsp3) is 0.222. The van der Waals surface area contributed by atoms with Gasteiger partial charge in [-0.2, -0.15) is 0 Å². The summed E-state index contributed by atoms with van der Waals surface area (Å²) < 4.78 is 0. The molecule has 0 aromatic heterocycles. The smallest absolute Gasteiger partial charge is 0.337 e. The van der Waals surface area contributed by atoms with Crippen molar-refractivity contribution >= 4 is 29.3 Å². The second-order valence-electron chi connectivity index (χ2n) is 2.55. The van der Waals surface area contributed by atoms with Crippen LogP contribution in [0.1, 0.15) is 15.9 Å². The molecule has 0 amide bonds. The maximum atomic E-state index is 10.8. The maximum Gasteiger partial charge on any atom is 0.337 e. The minimum Gasteiger partial charge on any atom is -0.478 e. The molecule has 0 saturated heterocycles. The molecular weight excluding hydrogens is 208 g/mol. The van der Waals surface area contributed by atoms with Gasteiger partial charge < -0.3 is 5.11 Å². The zero-order valence-electron chi connectivity index (χ0n) is 7.30. The van der Waals surface area contributed by atoms with Crippen molar-refractivity contribution in [1.82, 2.24) is 0 Å². The lowest BCUT2D eigenvalue weighted by Gasteiger charge is -2.07. The van der Waals surface area contributed by atoms with Crippen LogP contribution in [0, 0.1) is 6.92 Å². The molecule has 0 atom stereocenters. The summed E-state index contributed by atoms with van der Waals surface area (Å²) in [5.74, 6) is -0.974. The van der Waals surface area contributed by atoms with Crippen LogP contribution >= 0.6 is 23.4 Å². The van der Waals surface area contributed by atoms with E-state index in [0.717, 1.165) is 10.5 Å². The molecule has 1 aromatic carbocycles. The van der Waals surface area contributed by atoms with Crippen LogP contribution < -0.4 is 0 Å². The van der Waals surface area contributed by atoms with E-state index in [9.17, 15) is 4.79 Å². The summed E-state index contributed by atoms with van der Waals surface area (Å²) in [4.78, 5) is 11.8. The summed E-state index contributed by atoms with van der Waals surface area (Å²) in [7, 11) is 0. The second kappa shape index (κ2) is 4.03. The van der Waals surface area contributed by atoms with Crippen molar-refractivity contribution < 1.29 is 9.90 Å². The van der Waals surface area contributed by atoms with Gasteiger partial charge in [0.15, 0.2) is 0 Å². The van der Waals surface area contributed by atoms with Crippen LogP contribution in [0.3, 0.4) is 0 Å². The maximum absolute atomic E-state index is 10.8. The summed E-state index contributed by atoms with van der Waals surface area (Å²) in [6.07, 6.45) is 1.90. The molecule has 0 saturated carbocycles. The average molecular weight is 217 g/mol. The van der Waals surface area contributed by atoms with E-state index < -0.39 is 5.97 Å². The molecule has 0 unspecified atom stereocenters.